The second-order valence-electron chi connectivity index (χ2n) is 8.37. The lowest BCUT2D eigenvalue weighted by molar-refractivity contribution is -0.384. The number of hydrogen-bond acceptors (Lipinski definition) is 5. The fraction of sp³-hybridized carbons (Fsp3) is 0.650. The molecule has 0 aliphatic carbocycles. The van der Waals surface area contributed by atoms with Crippen LogP contribution < -0.4 is 15.5 Å². The zero-order valence-electron chi connectivity index (χ0n) is 16.3. The van der Waals surface area contributed by atoms with Gasteiger partial charge in [0.15, 0.2) is 0 Å². The molecular formula is C20H30N4O3. The topological polar surface area (TPSA) is 87.5 Å². The fourth-order valence-electron chi connectivity index (χ4n) is 3.93. The van der Waals surface area contributed by atoms with Gasteiger partial charge in [0.1, 0.15) is 5.69 Å². The van der Waals surface area contributed by atoms with Crippen LogP contribution in [0.25, 0.3) is 0 Å². The van der Waals surface area contributed by atoms with Crippen molar-refractivity contribution in [2.75, 3.05) is 37.6 Å². The second kappa shape index (κ2) is 8.25. The Morgan fingerprint density at radius 3 is 2.63 bits per heavy atom. The van der Waals surface area contributed by atoms with Gasteiger partial charge in [-0.15, -0.1) is 0 Å². The van der Waals surface area contributed by atoms with Crippen LogP contribution in [-0.4, -0.2) is 43.6 Å². The summed E-state index contributed by atoms with van der Waals surface area (Å²) in [4.78, 5) is 25.9. The smallest absolute Gasteiger partial charge is 0.293 e. The molecule has 1 aromatic rings. The maximum Gasteiger partial charge on any atom is 0.293 e. The van der Waals surface area contributed by atoms with E-state index in [1.165, 1.54) is 6.07 Å². The molecule has 2 saturated heterocycles. The maximum atomic E-state index is 12.6. The summed E-state index contributed by atoms with van der Waals surface area (Å²) >= 11 is 0. The van der Waals surface area contributed by atoms with Crippen molar-refractivity contribution >= 4 is 17.3 Å². The third-order valence-corrected chi connectivity index (χ3v) is 6.05. The summed E-state index contributed by atoms with van der Waals surface area (Å²) in [5.74, 6) is 0.415. The monoisotopic (exact) mass is 374 g/mol. The first-order chi connectivity index (χ1) is 12.9. The quantitative estimate of drug-likeness (QED) is 0.611. The molecule has 0 radical (unpaired) electrons. The number of nitro groups is 1. The van der Waals surface area contributed by atoms with Gasteiger partial charge in [0.05, 0.1) is 4.92 Å². The van der Waals surface area contributed by atoms with Gasteiger partial charge in [-0.3, -0.25) is 14.9 Å². The Morgan fingerprint density at radius 1 is 1.33 bits per heavy atom. The Bertz CT molecular complexity index is 692. The number of hydrogen-bond donors (Lipinski definition) is 2. The molecule has 0 unspecified atom stereocenters. The van der Waals surface area contributed by atoms with E-state index in [2.05, 4.69) is 29.4 Å². The number of amides is 1. The first kappa shape index (κ1) is 19.6. The predicted octanol–water partition coefficient (Wildman–Crippen LogP) is 2.95. The first-order valence-corrected chi connectivity index (χ1v) is 9.90. The van der Waals surface area contributed by atoms with E-state index in [4.69, 9.17) is 0 Å². The number of rotatable bonds is 5. The molecule has 0 atom stereocenters. The normalized spacial score (nSPS) is 20.3. The molecule has 1 amide bonds. The lowest BCUT2D eigenvalue weighted by Gasteiger charge is -2.34. The zero-order chi connectivity index (χ0) is 19.4. The Hall–Kier alpha value is -2.15. The number of nitro benzene ring substituents is 1. The molecule has 1 aromatic carbocycles. The molecule has 0 aromatic heterocycles. The van der Waals surface area contributed by atoms with Crippen molar-refractivity contribution in [2.24, 2.45) is 11.3 Å². The molecule has 27 heavy (non-hydrogen) atoms. The molecule has 0 saturated carbocycles. The van der Waals surface area contributed by atoms with Crippen molar-refractivity contribution in [1.29, 1.82) is 0 Å². The summed E-state index contributed by atoms with van der Waals surface area (Å²) in [7, 11) is 0. The lowest BCUT2D eigenvalue weighted by atomic mass is 9.81. The predicted molar refractivity (Wildman–Crippen MR) is 106 cm³/mol. The van der Waals surface area contributed by atoms with Gasteiger partial charge in [0.2, 0.25) is 0 Å². The summed E-state index contributed by atoms with van der Waals surface area (Å²) in [6.45, 7) is 8.54. The second-order valence-corrected chi connectivity index (χ2v) is 8.37. The number of carbonyl (C=O) groups is 1. The molecule has 2 N–H and O–H groups in total. The average Bonchev–Trinajstić information content (AvgIpc) is 2.67. The van der Waals surface area contributed by atoms with E-state index in [0.717, 1.165) is 51.9 Å². The van der Waals surface area contributed by atoms with Crippen LogP contribution in [-0.2, 0) is 0 Å². The minimum atomic E-state index is -0.377. The Labute approximate surface area is 160 Å². The first-order valence-electron chi connectivity index (χ1n) is 9.90. The van der Waals surface area contributed by atoms with Gasteiger partial charge in [-0.2, -0.15) is 0 Å². The molecule has 2 aliphatic heterocycles. The number of benzene rings is 1. The lowest BCUT2D eigenvalue weighted by Crippen LogP contribution is -2.42. The standard InChI is InChI=1S/C20H30N4O3/c1-15-5-11-23(12-6-15)17-4-3-16(13-18(17)24(26)27)19(25)22-14-20(2)7-9-21-10-8-20/h3-4,13,15,21H,5-12,14H2,1-2H3,(H,22,25). The van der Waals surface area contributed by atoms with E-state index in [-0.39, 0.29) is 21.9 Å². The summed E-state index contributed by atoms with van der Waals surface area (Å²) in [5.41, 5.74) is 1.07. The fourth-order valence-corrected chi connectivity index (χ4v) is 3.93. The summed E-state index contributed by atoms with van der Waals surface area (Å²) < 4.78 is 0. The van der Waals surface area contributed by atoms with E-state index >= 15 is 0 Å². The number of piperidine rings is 2. The minimum Gasteiger partial charge on any atom is -0.366 e. The van der Waals surface area contributed by atoms with Crippen molar-refractivity contribution in [2.45, 2.75) is 39.5 Å². The average molecular weight is 374 g/mol. The van der Waals surface area contributed by atoms with Crippen molar-refractivity contribution < 1.29 is 9.72 Å². The molecule has 2 fully saturated rings. The molecule has 2 aliphatic rings. The summed E-state index contributed by atoms with van der Waals surface area (Å²) in [6, 6.07) is 4.86. The molecule has 7 heteroatoms. The number of nitrogens with zero attached hydrogens (tertiary/aromatic N) is 2. The largest absolute Gasteiger partial charge is 0.366 e. The zero-order valence-corrected chi connectivity index (χ0v) is 16.3. The van der Waals surface area contributed by atoms with Gasteiger partial charge in [-0.05, 0) is 62.2 Å². The molecule has 3 rings (SSSR count). The van der Waals surface area contributed by atoms with Crippen LogP contribution in [0.1, 0.15) is 49.9 Å². The van der Waals surface area contributed by atoms with Gasteiger partial charge >= 0.3 is 0 Å². The van der Waals surface area contributed by atoms with E-state index in [9.17, 15) is 14.9 Å². The van der Waals surface area contributed by atoms with Crippen LogP contribution >= 0.6 is 0 Å². The maximum absolute atomic E-state index is 12.6. The van der Waals surface area contributed by atoms with Crippen molar-refractivity contribution in [3.8, 4) is 0 Å². The van der Waals surface area contributed by atoms with Gasteiger partial charge in [0, 0.05) is 31.3 Å². The third-order valence-electron chi connectivity index (χ3n) is 6.05. The molecule has 0 bridgehead atoms. The van der Waals surface area contributed by atoms with Gasteiger partial charge in [-0.1, -0.05) is 13.8 Å². The Morgan fingerprint density at radius 2 is 2.00 bits per heavy atom. The molecule has 7 nitrogen and oxygen atoms in total. The summed E-state index contributed by atoms with van der Waals surface area (Å²) in [5, 5.41) is 17.9. The van der Waals surface area contributed by atoms with Gasteiger partial charge in [0.25, 0.3) is 11.6 Å². The Kier molecular flexibility index (Phi) is 5.99. The number of anilines is 1. The summed E-state index contributed by atoms with van der Waals surface area (Å²) in [6.07, 6.45) is 4.10. The highest BCUT2D eigenvalue weighted by molar-refractivity contribution is 5.95. The van der Waals surface area contributed by atoms with Crippen LogP contribution in [0.15, 0.2) is 18.2 Å². The van der Waals surface area contributed by atoms with Crippen LogP contribution in [0.5, 0.6) is 0 Å². The molecule has 148 valence electrons. The van der Waals surface area contributed by atoms with Crippen LogP contribution in [0.3, 0.4) is 0 Å². The van der Waals surface area contributed by atoms with Crippen LogP contribution in [0, 0.1) is 21.4 Å². The van der Waals surface area contributed by atoms with Crippen molar-refractivity contribution in [3.63, 3.8) is 0 Å². The van der Waals surface area contributed by atoms with Gasteiger partial charge in [-0.25, -0.2) is 0 Å². The molecule has 2 heterocycles. The van der Waals surface area contributed by atoms with E-state index in [0.29, 0.717) is 23.7 Å². The highest BCUT2D eigenvalue weighted by Gasteiger charge is 2.28. The van der Waals surface area contributed by atoms with Crippen molar-refractivity contribution in [3.05, 3.63) is 33.9 Å². The molecule has 0 spiro atoms. The number of nitrogens with one attached hydrogen (secondary N) is 2. The Balaban J connectivity index is 1.71. The minimum absolute atomic E-state index is 0.0188. The van der Waals surface area contributed by atoms with E-state index < -0.39 is 0 Å². The SMILES string of the molecule is CC1CCN(c2ccc(C(=O)NCC3(C)CCNCC3)cc2[N+](=O)[O-])CC1. The van der Waals surface area contributed by atoms with E-state index in [1.807, 2.05) is 0 Å². The van der Waals surface area contributed by atoms with Crippen LogP contribution in [0.2, 0.25) is 0 Å². The highest BCUT2D eigenvalue weighted by atomic mass is 16.6. The van der Waals surface area contributed by atoms with Gasteiger partial charge < -0.3 is 15.5 Å². The highest BCUT2D eigenvalue weighted by Crippen LogP contribution is 2.32. The van der Waals surface area contributed by atoms with Crippen LogP contribution in [0.4, 0.5) is 11.4 Å². The number of carbonyl (C=O) groups excluding carboxylic acids is 1. The van der Waals surface area contributed by atoms with Crippen molar-refractivity contribution in [1.82, 2.24) is 10.6 Å². The third kappa shape index (κ3) is 4.77. The molecular weight excluding hydrogens is 344 g/mol. The van der Waals surface area contributed by atoms with E-state index in [1.54, 1.807) is 12.1 Å².